The molecule has 39 heavy (non-hydrogen) atoms. The largest absolute Gasteiger partial charge is 0.478 e. The van der Waals surface area contributed by atoms with Gasteiger partial charge >= 0.3 is 53.6 Å². The minimum atomic E-state index is -8.79. The zero-order valence-electron chi connectivity index (χ0n) is 18.3. The minimum absolute atomic E-state index is 0.517. The van der Waals surface area contributed by atoms with Gasteiger partial charge in [-0.25, -0.2) is 9.18 Å². The van der Waals surface area contributed by atoms with Crippen LogP contribution in [0.3, 0.4) is 0 Å². The van der Waals surface area contributed by atoms with Gasteiger partial charge in [0.2, 0.25) is 0 Å². The topological polar surface area (TPSA) is 63.3 Å². The van der Waals surface area contributed by atoms with Crippen LogP contribution >= 0.6 is 12.2 Å². The van der Waals surface area contributed by atoms with Gasteiger partial charge in [-0.3, -0.25) is 0 Å². The van der Waals surface area contributed by atoms with E-state index in [0.717, 1.165) is 6.92 Å². The first-order valence-electron chi connectivity index (χ1n) is 9.34. The van der Waals surface area contributed by atoms with Crippen molar-refractivity contribution in [3.05, 3.63) is 11.6 Å². The molecule has 22 heteroatoms. The third-order valence-corrected chi connectivity index (χ3v) is 5.47. The molecule has 3 nitrogen and oxygen atoms in total. The van der Waals surface area contributed by atoms with Gasteiger partial charge in [0.15, 0.2) is 0 Å². The average molecular weight is 637 g/mol. The number of carboxylic acids is 1. The Kier molecular flexibility index (Phi) is 10.2. The molecule has 0 amide bonds. The number of carboxylic acid groups (broad SMARTS) is 1. The molecule has 0 bridgehead atoms. The van der Waals surface area contributed by atoms with Gasteiger partial charge in [0, 0.05) is 16.5 Å². The number of carbonyl (C=O) groups is 1. The molecule has 0 heterocycles. The Labute approximate surface area is 210 Å². The van der Waals surface area contributed by atoms with E-state index in [9.17, 15) is 83.8 Å². The summed E-state index contributed by atoms with van der Waals surface area (Å²) in [6.45, 7) is 0.909. The highest BCUT2D eigenvalue weighted by molar-refractivity contribution is 7.80. The third kappa shape index (κ3) is 6.04. The molecular formula is C17H13F18NO2S. The summed E-state index contributed by atoms with van der Waals surface area (Å²) in [5.74, 6) is -59.6. The monoisotopic (exact) mass is 637 g/mol. The summed E-state index contributed by atoms with van der Waals surface area (Å²) in [4.78, 5) is 9.02. The number of aliphatic carboxylic acids is 1. The molecule has 0 rings (SSSR count). The van der Waals surface area contributed by atoms with Crippen molar-refractivity contribution in [3.63, 3.8) is 0 Å². The smallest absolute Gasteiger partial charge is 0.460 e. The number of hydrogen-bond acceptors (Lipinski definition) is 3. The summed E-state index contributed by atoms with van der Waals surface area (Å²) < 4.78 is 239. The molecule has 0 aromatic heterocycles. The van der Waals surface area contributed by atoms with Crippen molar-refractivity contribution in [2.75, 3.05) is 0 Å². The van der Waals surface area contributed by atoms with Gasteiger partial charge in [-0.05, 0) is 13.3 Å². The van der Waals surface area contributed by atoms with Gasteiger partial charge in [-0.15, -0.1) is 0 Å². The lowest BCUT2D eigenvalue weighted by Crippen LogP contribution is -2.74. The van der Waals surface area contributed by atoms with Crippen LogP contribution in [0.5, 0.6) is 0 Å². The standard InChI is InChI=1S/C17H13F18NO2S/c1-5(9(37)38)2-3-7(36)8(39)6(18)4-10(19,20)11(21,22)12(23,24)13(25,26)14(27,28)15(29,30)16(31,32)17(33,34)35/h2,6-7H,3-4,36H2,1H3,(H,37,38). The van der Waals surface area contributed by atoms with E-state index < -0.39 is 89.1 Å². The van der Waals surface area contributed by atoms with Gasteiger partial charge < -0.3 is 10.8 Å². The summed E-state index contributed by atoms with van der Waals surface area (Å²) in [7, 11) is 0. The van der Waals surface area contributed by atoms with E-state index >= 15 is 0 Å². The molecule has 0 saturated carbocycles. The Morgan fingerprint density at radius 1 is 0.744 bits per heavy atom. The van der Waals surface area contributed by atoms with Crippen LogP contribution in [0.4, 0.5) is 79.0 Å². The lowest BCUT2D eigenvalue weighted by molar-refractivity contribution is -0.462. The van der Waals surface area contributed by atoms with Gasteiger partial charge in [0.25, 0.3) is 0 Å². The maximum Gasteiger partial charge on any atom is 0.460 e. The number of alkyl halides is 18. The second kappa shape index (κ2) is 10.8. The Morgan fingerprint density at radius 2 is 1.08 bits per heavy atom. The maximum absolute atomic E-state index is 14.1. The van der Waals surface area contributed by atoms with Crippen molar-refractivity contribution in [2.45, 2.75) is 79.6 Å². The van der Waals surface area contributed by atoms with Crippen molar-refractivity contribution in [1.82, 2.24) is 0 Å². The predicted octanol–water partition coefficient (Wildman–Crippen LogP) is 6.84. The molecule has 230 valence electrons. The summed E-state index contributed by atoms with van der Waals surface area (Å²) in [5.41, 5.74) is 4.65. The van der Waals surface area contributed by atoms with Crippen molar-refractivity contribution < 1.29 is 88.9 Å². The van der Waals surface area contributed by atoms with Crippen LogP contribution in [0.1, 0.15) is 19.8 Å². The summed E-state index contributed by atoms with van der Waals surface area (Å²) in [6.07, 6.45) is -15.2. The highest BCUT2D eigenvalue weighted by Crippen LogP contribution is 2.64. The Bertz CT molecular complexity index is 958. The molecule has 3 N–H and O–H groups in total. The van der Waals surface area contributed by atoms with Crippen LogP contribution in [0.2, 0.25) is 0 Å². The summed E-state index contributed by atoms with van der Waals surface area (Å²) in [6, 6.07) is -2.02. The Hall–Kier alpha value is -2.00. The highest BCUT2D eigenvalue weighted by Gasteiger charge is 2.95. The quantitative estimate of drug-likeness (QED) is 0.132. The van der Waals surface area contributed by atoms with E-state index in [1.807, 2.05) is 0 Å². The van der Waals surface area contributed by atoms with E-state index in [2.05, 4.69) is 12.2 Å². The number of halogens is 18. The van der Waals surface area contributed by atoms with Crippen molar-refractivity contribution >= 4 is 23.1 Å². The fraction of sp³-hybridized carbons (Fsp3) is 0.765. The highest BCUT2D eigenvalue weighted by atomic mass is 32.1. The second-order valence-electron chi connectivity index (χ2n) is 7.76. The molecule has 0 aliphatic heterocycles. The van der Waals surface area contributed by atoms with Crippen LogP contribution in [-0.4, -0.2) is 75.8 Å². The number of hydrogen-bond donors (Lipinski definition) is 2. The van der Waals surface area contributed by atoms with E-state index in [0.29, 0.717) is 6.08 Å². The summed E-state index contributed by atoms with van der Waals surface area (Å²) >= 11 is 4.16. The van der Waals surface area contributed by atoms with Gasteiger partial charge in [-0.2, -0.15) is 74.6 Å². The molecule has 2 atom stereocenters. The first kappa shape index (κ1) is 37.0. The zero-order chi connectivity index (χ0) is 32.0. The molecule has 0 spiro atoms. The maximum atomic E-state index is 14.1. The SMILES string of the molecule is CC(=CCC(N)C(=S)C(F)CC(F)(F)C(F)(F)C(F)(F)C(F)(F)C(F)(F)C(F)(F)C(F)(F)C(F)(F)F)C(=O)O. The average Bonchev–Trinajstić information content (AvgIpc) is 2.74. The van der Waals surface area contributed by atoms with Gasteiger partial charge in [-0.1, -0.05) is 18.3 Å². The normalized spacial score (nSPS) is 17.2. The minimum Gasteiger partial charge on any atom is -0.478 e. The molecule has 0 aromatic rings. The zero-order valence-corrected chi connectivity index (χ0v) is 19.1. The van der Waals surface area contributed by atoms with E-state index in [1.165, 1.54) is 0 Å². The summed E-state index contributed by atoms with van der Waals surface area (Å²) in [5, 5.41) is 8.59. The predicted molar refractivity (Wildman–Crippen MR) is 96.8 cm³/mol. The second-order valence-corrected chi connectivity index (χ2v) is 8.23. The van der Waals surface area contributed by atoms with Crippen LogP contribution in [-0.2, 0) is 4.79 Å². The molecular weight excluding hydrogens is 624 g/mol. The molecule has 0 aliphatic carbocycles. The molecule has 0 saturated heterocycles. The number of thiocarbonyl (C=S) groups is 1. The van der Waals surface area contributed by atoms with Gasteiger partial charge in [0.1, 0.15) is 6.17 Å². The number of rotatable bonds is 13. The van der Waals surface area contributed by atoms with E-state index in [1.54, 1.807) is 0 Å². The molecule has 0 aliphatic rings. The fourth-order valence-corrected chi connectivity index (χ4v) is 2.57. The fourth-order valence-electron chi connectivity index (χ4n) is 2.39. The Morgan fingerprint density at radius 3 is 1.41 bits per heavy atom. The molecule has 0 aromatic carbocycles. The van der Waals surface area contributed by atoms with Crippen molar-refractivity contribution in [3.8, 4) is 0 Å². The molecule has 0 radical (unpaired) electrons. The van der Waals surface area contributed by atoms with E-state index in [4.69, 9.17) is 10.8 Å². The van der Waals surface area contributed by atoms with Crippen LogP contribution in [0.25, 0.3) is 0 Å². The Balaban J connectivity index is 6.39. The van der Waals surface area contributed by atoms with Crippen molar-refractivity contribution in [1.29, 1.82) is 0 Å². The molecule has 0 fully saturated rings. The van der Waals surface area contributed by atoms with Crippen LogP contribution in [0.15, 0.2) is 11.6 Å². The number of nitrogens with two attached hydrogens (primary N) is 1. The van der Waals surface area contributed by atoms with Crippen molar-refractivity contribution in [2.24, 2.45) is 5.73 Å². The lowest BCUT2D eigenvalue weighted by atomic mass is 9.87. The third-order valence-electron chi connectivity index (χ3n) is 4.91. The first-order chi connectivity index (χ1) is 16.8. The molecule has 2 unspecified atom stereocenters. The lowest BCUT2D eigenvalue weighted by Gasteiger charge is -2.43. The first-order valence-corrected chi connectivity index (χ1v) is 9.75. The van der Waals surface area contributed by atoms with Crippen LogP contribution < -0.4 is 5.73 Å². The van der Waals surface area contributed by atoms with Crippen LogP contribution in [0, 0.1) is 0 Å². The van der Waals surface area contributed by atoms with Gasteiger partial charge in [0.05, 0.1) is 6.42 Å². The van der Waals surface area contributed by atoms with E-state index in [-0.39, 0.29) is 0 Å².